The number of hydrogen-bond acceptors (Lipinski definition) is 6. The van der Waals surface area contributed by atoms with Gasteiger partial charge in [-0.1, -0.05) is 41.6 Å². The number of benzene rings is 2. The Morgan fingerprint density at radius 3 is 2.54 bits per heavy atom. The minimum Gasteiger partial charge on any atom is -0.334 e. The van der Waals surface area contributed by atoms with Crippen molar-refractivity contribution in [2.24, 2.45) is 0 Å². The van der Waals surface area contributed by atoms with Crippen molar-refractivity contribution in [2.45, 2.75) is 24.8 Å². The minimum absolute atomic E-state index is 0.0894. The molecule has 8 heteroatoms. The van der Waals surface area contributed by atoms with Crippen molar-refractivity contribution < 1.29 is 0 Å². The highest BCUT2D eigenvalue weighted by molar-refractivity contribution is 7.98. The molecule has 0 aliphatic carbocycles. The van der Waals surface area contributed by atoms with Crippen LogP contribution in [0, 0.1) is 13.8 Å². The number of nitrogens with zero attached hydrogens (tertiary/aromatic N) is 3. The van der Waals surface area contributed by atoms with Crippen molar-refractivity contribution in [3.8, 4) is 0 Å². The van der Waals surface area contributed by atoms with E-state index < -0.39 is 5.56 Å². The van der Waals surface area contributed by atoms with Crippen molar-refractivity contribution in [1.82, 2.24) is 14.9 Å². The number of thioether (sulfide) groups is 1. The Labute approximate surface area is 160 Å². The molecule has 6 nitrogen and oxygen atoms in total. The number of halogens is 1. The van der Waals surface area contributed by atoms with Gasteiger partial charge in [0.05, 0.1) is 0 Å². The molecular formula is C18H18ClN5OS. The van der Waals surface area contributed by atoms with Crippen LogP contribution >= 0.6 is 23.4 Å². The first-order valence-electron chi connectivity index (χ1n) is 7.90. The largest absolute Gasteiger partial charge is 0.334 e. The average Bonchev–Trinajstić information content (AvgIpc) is 2.63. The van der Waals surface area contributed by atoms with E-state index in [-0.39, 0.29) is 5.82 Å². The molecule has 0 spiro atoms. The molecule has 2 aromatic carbocycles. The molecule has 0 fully saturated rings. The van der Waals surface area contributed by atoms with Gasteiger partial charge in [0.15, 0.2) is 0 Å². The van der Waals surface area contributed by atoms with Gasteiger partial charge < -0.3 is 11.2 Å². The van der Waals surface area contributed by atoms with Gasteiger partial charge in [0.2, 0.25) is 11.0 Å². The number of nitrogens with one attached hydrogen (secondary N) is 1. The van der Waals surface area contributed by atoms with Gasteiger partial charge in [0.1, 0.15) is 0 Å². The molecule has 26 heavy (non-hydrogen) atoms. The Morgan fingerprint density at radius 1 is 1.12 bits per heavy atom. The third-order valence-electron chi connectivity index (χ3n) is 3.91. The van der Waals surface area contributed by atoms with E-state index in [0.29, 0.717) is 15.9 Å². The van der Waals surface area contributed by atoms with Crippen LogP contribution in [0.4, 0.5) is 11.5 Å². The zero-order chi connectivity index (χ0) is 18.7. The number of hydrogen-bond donors (Lipinski definition) is 2. The Kier molecular flexibility index (Phi) is 5.49. The van der Waals surface area contributed by atoms with Crippen LogP contribution in [0.2, 0.25) is 5.02 Å². The van der Waals surface area contributed by atoms with E-state index in [9.17, 15) is 4.79 Å². The predicted molar refractivity (Wildman–Crippen MR) is 107 cm³/mol. The van der Waals surface area contributed by atoms with Crippen LogP contribution in [-0.4, -0.2) is 14.9 Å². The standard InChI is InChI=1S/C18H18ClN5OS/c1-11-3-8-15(9-12(11)2)21-16-17(25)24(20)18(23-22-16)26-10-13-4-6-14(19)7-5-13/h3-9H,10,20H2,1-2H3,(H,21,22). The van der Waals surface area contributed by atoms with Crippen LogP contribution in [0.25, 0.3) is 0 Å². The lowest BCUT2D eigenvalue weighted by atomic mass is 10.1. The molecule has 0 saturated carbocycles. The van der Waals surface area contributed by atoms with Crippen molar-refractivity contribution in [2.75, 3.05) is 11.2 Å². The highest BCUT2D eigenvalue weighted by atomic mass is 35.5. The summed E-state index contributed by atoms with van der Waals surface area (Å²) in [7, 11) is 0. The van der Waals surface area contributed by atoms with Gasteiger partial charge in [-0.15, -0.1) is 10.2 Å². The van der Waals surface area contributed by atoms with Crippen LogP contribution in [-0.2, 0) is 5.75 Å². The zero-order valence-electron chi connectivity index (χ0n) is 14.4. The van der Waals surface area contributed by atoms with E-state index in [0.717, 1.165) is 21.5 Å². The van der Waals surface area contributed by atoms with Crippen LogP contribution in [0.15, 0.2) is 52.4 Å². The lowest BCUT2D eigenvalue weighted by molar-refractivity contribution is 0.705. The van der Waals surface area contributed by atoms with E-state index in [2.05, 4.69) is 15.5 Å². The summed E-state index contributed by atoms with van der Waals surface area (Å²) in [5, 5.41) is 12.1. The lowest BCUT2D eigenvalue weighted by Crippen LogP contribution is -2.32. The van der Waals surface area contributed by atoms with Crippen molar-refractivity contribution in [1.29, 1.82) is 0 Å². The number of nitrogen functional groups attached to an aromatic ring is 1. The fraction of sp³-hybridized carbons (Fsp3) is 0.167. The van der Waals surface area contributed by atoms with E-state index in [4.69, 9.17) is 17.4 Å². The predicted octanol–water partition coefficient (Wildman–Crippen LogP) is 3.66. The van der Waals surface area contributed by atoms with Gasteiger partial charge in [-0.05, 0) is 54.8 Å². The molecule has 0 amide bonds. The number of rotatable bonds is 5. The van der Waals surface area contributed by atoms with Crippen LogP contribution in [0.5, 0.6) is 0 Å². The molecule has 1 heterocycles. The maximum Gasteiger partial charge on any atom is 0.315 e. The normalized spacial score (nSPS) is 10.7. The zero-order valence-corrected chi connectivity index (χ0v) is 15.9. The number of aryl methyl sites for hydroxylation is 2. The number of nitrogens with two attached hydrogens (primary N) is 1. The third kappa shape index (κ3) is 4.17. The Balaban J connectivity index is 1.76. The molecule has 0 saturated heterocycles. The fourth-order valence-electron chi connectivity index (χ4n) is 2.25. The van der Waals surface area contributed by atoms with E-state index in [1.165, 1.54) is 17.3 Å². The first kappa shape index (κ1) is 18.3. The monoisotopic (exact) mass is 387 g/mol. The quantitative estimate of drug-likeness (QED) is 0.513. The van der Waals surface area contributed by atoms with E-state index in [1.807, 2.05) is 56.3 Å². The number of aromatic nitrogens is 3. The van der Waals surface area contributed by atoms with Crippen LogP contribution in [0.3, 0.4) is 0 Å². The van der Waals surface area contributed by atoms with Gasteiger partial charge in [-0.2, -0.15) is 4.68 Å². The molecule has 0 radical (unpaired) electrons. The smallest absolute Gasteiger partial charge is 0.315 e. The molecule has 0 atom stereocenters. The summed E-state index contributed by atoms with van der Waals surface area (Å²) in [6.07, 6.45) is 0. The summed E-state index contributed by atoms with van der Waals surface area (Å²) in [5.41, 5.74) is 3.67. The topological polar surface area (TPSA) is 85.8 Å². The van der Waals surface area contributed by atoms with Gasteiger partial charge in [0, 0.05) is 16.5 Å². The second-order valence-corrected chi connectivity index (χ2v) is 7.22. The lowest BCUT2D eigenvalue weighted by Gasteiger charge is -2.10. The fourth-order valence-corrected chi connectivity index (χ4v) is 3.18. The van der Waals surface area contributed by atoms with Gasteiger partial charge in [-0.3, -0.25) is 4.79 Å². The van der Waals surface area contributed by atoms with Gasteiger partial charge in [-0.25, -0.2) is 0 Å². The molecule has 1 aromatic heterocycles. The highest BCUT2D eigenvalue weighted by Crippen LogP contribution is 2.21. The maximum absolute atomic E-state index is 12.4. The Bertz CT molecular complexity index is 988. The second kappa shape index (κ2) is 7.80. The Morgan fingerprint density at radius 2 is 1.85 bits per heavy atom. The summed E-state index contributed by atoms with van der Waals surface area (Å²) < 4.78 is 1.01. The highest BCUT2D eigenvalue weighted by Gasteiger charge is 2.11. The summed E-state index contributed by atoms with van der Waals surface area (Å²) in [5.74, 6) is 6.59. The summed E-state index contributed by atoms with van der Waals surface area (Å²) in [4.78, 5) is 12.4. The molecule has 3 rings (SSSR count). The molecule has 0 aliphatic rings. The molecule has 134 valence electrons. The van der Waals surface area contributed by atoms with Crippen LogP contribution in [0.1, 0.15) is 16.7 Å². The molecular weight excluding hydrogens is 370 g/mol. The minimum atomic E-state index is -0.433. The van der Waals surface area contributed by atoms with Crippen molar-refractivity contribution in [3.63, 3.8) is 0 Å². The Hall–Kier alpha value is -2.51. The first-order chi connectivity index (χ1) is 12.4. The van der Waals surface area contributed by atoms with Crippen molar-refractivity contribution >= 4 is 34.9 Å². The summed E-state index contributed by atoms with van der Waals surface area (Å²) in [6.45, 7) is 4.03. The first-order valence-corrected chi connectivity index (χ1v) is 9.27. The van der Waals surface area contributed by atoms with Crippen LogP contribution < -0.4 is 16.7 Å². The van der Waals surface area contributed by atoms with Gasteiger partial charge >= 0.3 is 5.56 Å². The van der Waals surface area contributed by atoms with Crippen molar-refractivity contribution in [3.05, 3.63) is 74.5 Å². The third-order valence-corrected chi connectivity index (χ3v) is 5.18. The molecule has 0 bridgehead atoms. The molecule has 3 aromatic rings. The summed E-state index contributed by atoms with van der Waals surface area (Å²) >= 11 is 7.21. The molecule has 3 N–H and O–H groups in total. The second-order valence-electron chi connectivity index (χ2n) is 5.85. The van der Waals surface area contributed by atoms with E-state index in [1.54, 1.807) is 0 Å². The SMILES string of the molecule is Cc1ccc(Nc2nnc(SCc3ccc(Cl)cc3)n(N)c2=O)cc1C. The summed E-state index contributed by atoms with van der Waals surface area (Å²) in [6, 6.07) is 13.3. The van der Waals surface area contributed by atoms with Gasteiger partial charge in [0.25, 0.3) is 0 Å². The average molecular weight is 388 g/mol. The molecule has 0 unspecified atom stereocenters. The number of anilines is 2. The van der Waals surface area contributed by atoms with E-state index >= 15 is 0 Å². The molecule has 0 aliphatic heterocycles. The maximum atomic E-state index is 12.4.